The first-order valence-corrected chi connectivity index (χ1v) is 23.7. The average molecular weight is 863 g/mol. The van der Waals surface area contributed by atoms with Gasteiger partial charge in [0.1, 0.15) is 0 Å². The van der Waals surface area contributed by atoms with Crippen molar-refractivity contribution in [1.82, 2.24) is 14.5 Å². The lowest BCUT2D eigenvalue weighted by Gasteiger charge is -2.46. The van der Waals surface area contributed by atoms with Crippen LogP contribution < -0.4 is 4.90 Å². The van der Waals surface area contributed by atoms with Gasteiger partial charge in [-0.15, -0.1) is 0 Å². The summed E-state index contributed by atoms with van der Waals surface area (Å²) in [6.45, 7) is 11.9. The van der Waals surface area contributed by atoms with Gasteiger partial charge in [-0.3, -0.25) is 4.57 Å². The van der Waals surface area contributed by atoms with E-state index in [-0.39, 0.29) is 10.8 Å². The fourth-order valence-electron chi connectivity index (χ4n) is 11.9. The van der Waals surface area contributed by atoms with Crippen LogP contribution in [0, 0.1) is 5.92 Å². The van der Waals surface area contributed by atoms with Crippen LogP contribution in [0.2, 0.25) is 0 Å². The van der Waals surface area contributed by atoms with Crippen LogP contribution in [0.4, 0.5) is 11.4 Å². The molecule has 0 saturated heterocycles. The third-order valence-corrected chi connectivity index (χ3v) is 15.2. The molecule has 0 radical (unpaired) electrons. The van der Waals surface area contributed by atoms with Crippen molar-refractivity contribution < 1.29 is 0 Å². The second-order valence-corrected chi connectivity index (χ2v) is 19.8. The van der Waals surface area contributed by atoms with Gasteiger partial charge in [-0.1, -0.05) is 174 Å². The van der Waals surface area contributed by atoms with E-state index in [1.807, 2.05) is 0 Å². The Morgan fingerprint density at radius 2 is 1.25 bits per heavy atom. The molecule has 0 bridgehead atoms. The molecule has 4 nitrogen and oxygen atoms in total. The van der Waals surface area contributed by atoms with Crippen molar-refractivity contribution in [3.05, 3.63) is 222 Å². The molecule has 4 heteroatoms. The van der Waals surface area contributed by atoms with Crippen molar-refractivity contribution in [1.29, 1.82) is 0 Å². The number of para-hydroxylation sites is 1. The highest BCUT2D eigenvalue weighted by molar-refractivity contribution is 6.22. The first-order chi connectivity index (χ1) is 32.7. The molecule has 2 aliphatic carbocycles. The smallest absolute Gasteiger partial charge is 0.235 e. The van der Waals surface area contributed by atoms with Gasteiger partial charge in [0.15, 0.2) is 0 Å². The van der Waals surface area contributed by atoms with Crippen LogP contribution in [0.5, 0.6) is 0 Å². The van der Waals surface area contributed by atoms with E-state index in [9.17, 15) is 0 Å². The van der Waals surface area contributed by atoms with Crippen LogP contribution in [0.25, 0.3) is 83.5 Å². The predicted octanol–water partition coefficient (Wildman–Crippen LogP) is 16.3. The van der Waals surface area contributed by atoms with Crippen molar-refractivity contribution in [3.63, 3.8) is 0 Å². The number of hydrogen-bond donors (Lipinski definition) is 0. The molecule has 3 heterocycles. The van der Waals surface area contributed by atoms with E-state index in [2.05, 4.69) is 238 Å². The van der Waals surface area contributed by atoms with Crippen molar-refractivity contribution in [3.8, 4) is 28.3 Å². The van der Waals surface area contributed by atoms with Crippen molar-refractivity contribution in [2.45, 2.75) is 51.9 Å². The molecule has 1 aliphatic heterocycles. The fraction of sp³-hybridized carbons (Fsp3) is 0.143. The summed E-state index contributed by atoms with van der Waals surface area (Å²) in [5.41, 5.74) is 18.7. The summed E-state index contributed by atoms with van der Waals surface area (Å²) < 4.78 is 2.30. The van der Waals surface area contributed by atoms with Crippen molar-refractivity contribution in [2.75, 3.05) is 4.90 Å². The minimum atomic E-state index is -0.275. The molecule has 13 rings (SSSR count). The van der Waals surface area contributed by atoms with Crippen LogP contribution >= 0.6 is 0 Å². The molecule has 8 aromatic carbocycles. The van der Waals surface area contributed by atoms with Crippen LogP contribution in [0.1, 0.15) is 63.3 Å². The average Bonchev–Trinajstić information content (AvgIpc) is 3.85. The number of benzene rings is 8. The van der Waals surface area contributed by atoms with E-state index in [1.165, 1.54) is 83.1 Å². The first kappa shape index (κ1) is 39.5. The summed E-state index contributed by atoms with van der Waals surface area (Å²) in [5.74, 6) is 1.08. The van der Waals surface area contributed by atoms with E-state index < -0.39 is 0 Å². The molecule has 0 N–H and O–H groups in total. The molecule has 10 aromatic rings. The molecule has 67 heavy (non-hydrogen) atoms. The summed E-state index contributed by atoms with van der Waals surface area (Å²) in [6, 6.07) is 64.2. The topological polar surface area (TPSA) is 34.0 Å². The third-order valence-electron chi connectivity index (χ3n) is 15.2. The summed E-state index contributed by atoms with van der Waals surface area (Å²) in [4.78, 5) is 13.7. The molecular formula is C63H50N4. The Bertz CT molecular complexity index is 3770. The van der Waals surface area contributed by atoms with Gasteiger partial charge in [-0.05, 0) is 116 Å². The zero-order chi connectivity index (χ0) is 45.2. The molecule has 2 aromatic heterocycles. The highest BCUT2D eigenvalue weighted by Gasteiger charge is 2.41. The van der Waals surface area contributed by atoms with E-state index in [0.717, 1.165) is 39.6 Å². The SMILES string of the molecule is CC1CC=CC2=C1N(c1ccccc1)c1ccc(-c3ccc4c(c3)c3c5ccccc5ccc3n4-c3nc(-c4ccccc4)c4c5c(ccc4n3)C=C(c3ccccc3)C5(C)C)cc1C2(C)C. The Morgan fingerprint density at radius 1 is 0.567 bits per heavy atom. The maximum absolute atomic E-state index is 5.66. The van der Waals surface area contributed by atoms with E-state index in [0.29, 0.717) is 11.9 Å². The Hall–Kier alpha value is -7.82. The van der Waals surface area contributed by atoms with Gasteiger partial charge in [0.25, 0.3) is 0 Å². The lowest BCUT2D eigenvalue weighted by molar-refractivity contribution is 0.561. The van der Waals surface area contributed by atoms with Gasteiger partial charge in [-0.2, -0.15) is 0 Å². The van der Waals surface area contributed by atoms with Gasteiger partial charge in [0.2, 0.25) is 5.95 Å². The minimum Gasteiger partial charge on any atom is -0.313 e. The van der Waals surface area contributed by atoms with E-state index in [4.69, 9.17) is 9.97 Å². The highest BCUT2D eigenvalue weighted by atomic mass is 15.2. The minimum absolute atomic E-state index is 0.189. The fourth-order valence-corrected chi connectivity index (χ4v) is 11.9. The Morgan fingerprint density at radius 3 is 2.04 bits per heavy atom. The standard InChI is InChI=1S/C63H50N4/c1-39-18-17-27-49-60(39)66(46-24-13-8-14-25-46)54-34-31-44(37-51(54)62(49,2)3)43-30-33-53-48(36-43)56-47-26-16-15-19-40(47)29-35-55(56)67(53)61-64-52-32-28-45-38-50(41-20-9-6-10-21-41)63(4,5)58(45)57(52)59(65-61)42-22-11-7-12-23-42/h6-17,19-39H,18H2,1-5H3. The van der Waals surface area contributed by atoms with Gasteiger partial charge < -0.3 is 4.90 Å². The molecule has 0 saturated carbocycles. The zero-order valence-electron chi connectivity index (χ0n) is 38.5. The number of hydrogen-bond acceptors (Lipinski definition) is 3. The first-order valence-electron chi connectivity index (χ1n) is 23.7. The van der Waals surface area contributed by atoms with Crippen molar-refractivity contribution >= 4 is 66.5 Å². The van der Waals surface area contributed by atoms with Crippen LogP contribution in [-0.2, 0) is 10.8 Å². The number of aromatic nitrogens is 3. The Kier molecular flexibility index (Phi) is 8.61. The van der Waals surface area contributed by atoms with Gasteiger partial charge in [-0.25, -0.2) is 9.97 Å². The van der Waals surface area contributed by atoms with Crippen molar-refractivity contribution in [2.24, 2.45) is 5.92 Å². The lowest BCUT2D eigenvalue weighted by atomic mass is 9.69. The van der Waals surface area contributed by atoms with Gasteiger partial charge in [0, 0.05) is 55.5 Å². The number of nitrogens with zero attached hydrogens (tertiary/aromatic N) is 4. The third kappa shape index (κ3) is 5.85. The number of rotatable bonds is 5. The molecule has 1 unspecified atom stereocenters. The summed E-state index contributed by atoms with van der Waals surface area (Å²) in [6.07, 6.45) is 8.16. The molecule has 1 atom stereocenters. The van der Waals surface area contributed by atoms with E-state index >= 15 is 0 Å². The molecule has 3 aliphatic rings. The van der Waals surface area contributed by atoms with Crippen LogP contribution in [0.3, 0.4) is 0 Å². The summed E-state index contributed by atoms with van der Waals surface area (Å²) in [7, 11) is 0. The maximum atomic E-state index is 5.66. The number of anilines is 2. The second kappa shape index (κ2) is 14.6. The highest BCUT2D eigenvalue weighted by Crippen LogP contribution is 2.54. The van der Waals surface area contributed by atoms with Gasteiger partial charge >= 0.3 is 0 Å². The van der Waals surface area contributed by atoms with Crippen LogP contribution in [0.15, 0.2) is 199 Å². The van der Waals surface area contributed by atoms with Crippen LogP contribution in [-0.4, -0.2) is 14.5 Å². The zero-order valence-corrected chi connectivity index (χ0v) is 38.5. The Balaban J connectivity index is 1.03. The van der Waals surface area contributed by atoms with E-state index in [1.54, 1.807) is 0 Å². The second-order valence-electron chi connectivity index (χ2n) is 19.8. The summed E-state index contributed by atoms with van der Waals surface area (Å²) in [5, 5.41) is 5.91. The normalized spacial score (nSPS) is 17.0. The quantitative estimate of drug-likeness (QED) is 0.173. The molecule has 0 spiro atoms. The maximum Gasteiger partial charge on any atom is 0.235 e. The molecule has 0 amide bonds. The largest absolute Gasteiger partial charge is 0.313 e. The molecule has 322 valence electrons. The van der Waals surface area contributed by atoms with Gasteiger partial charge in [0.05, 0.1) is 22.2 Å². The predicted molar refractivity (Wildman–Crippen MR) is 281 cm³/mol. The number of allylic oxidation sites excluding steroid dienone is 5. The molecule has 0 fully saturated rings. The number of fused-ring (bicyclic) bond motifs is 9. The Labute approximate surface area is 391 Å². The summed E-state index contributed by atoms with van der Waals surface area (Å²) >= 11 is 0. The monoisotopic (exact) mass is 862 g/mol. The molecular weight excluding hydrogens is 813 g/mol. The lowest BCUT2D eigenvalue weighted by Crippen LogP contribution is -2.37.